The summed E-state index contributed by atoms with van der Waals surface area (Å²) in [5.74, 6) is 0.494. The Labute approximate surface area is 158 Å². The largest absolute Gasteiger partial charge is 0.484 e. The zero-order valence-corrected chi connectivity index (χ0v) is 15.4. The van der Waals surface area contributed by atoms with Gasteiger partial charge in [0.2, 0.25) is 0 Å². The van der Waals surface area contributed by atoms with E-state index in [-0.39, 0.29) is 12.5 Å². The second-order valence-corrected chi connectivity index (χ2v) is 6.54. The molecule has 3 rings (SSSR count). The highest BCUT2D eigenvalue weighted by atomic mass is 35.5. The normalized spacial score (nSPS) is 14.1. The Kier molecular flexibility index (Phi) is 6.75. The van der Waals surface area contributed by atoms with E-state index < -0.39 is 0 Å². The third kappa shape index (κ3) is 5.64. The van der Waals surface area contributed by atoms with Gasteiger partial charge < -0.3 is 19.7 Å². The number of halogens is 1. The molecular formula is C20H23ClN2O3. The van der Waals surface area contributed by atoms with E-state index in [1.807, 2.05) is 0 Å². The monoisotopic (exact) mass is 374 g/mol. The first kappa shape index (κ1) is 18.5. The average molecular weight is 375 g/mol. The van der Waals surface area contributed by atoms with Crippen molar-refractivity contribution in [3.05, 3.63) is 59.1 Å². The summed E-state index contributed by atoms with van der Waals surface area (Å²) in [5.41, 5.74) is 2.42. The Morgan fingerprint density at radius 2 is 1.77 bits per heavy atom. The number of rotatable bonds is 7. The van der Waals surface area contributed by atoms with E-state index in [9.17, 15) is 4.79 Å². The maximum Gasteiger partial charge on any atom is 0.257 e. The van der Waals surface area contributed by atoms with Crippen molar-refractivity contribution in [3.63, 3.8) is 0 Å². The lowest BCUT2D eigenvalue weighted by Gasteiger charge is -2.28. The molecule has 1 aliphatic rings. The molecular weight excluding hydrogens is 352 g/mol. The minimum atomic E-state index is -0.134. The molecule has 5 nitrogen and oxygen atoms in total. The maximum atomic E-state index is 11.9. The van der Waals surface area contributed by atoms with Crippen molar-refractivity contribution < 1.29 is 14.3 Å². The van der Waals surface area contributed by atoms with Gasteiger partial charge in [0, 0.05) is 30.3 Å². The van der Waals surface area contributed by atoms with Crippen molar-refractivity contribution in [3.8, 4) is 5.75 Å². The molecule has 2 aromatic rings. The maximum absolute atomic E-state index is 11.9. The molecule has 1 N–H and O–H groups in total. The van der Waals surface area contributed by atoms with Crippen LogP contribution in [0.4, 0.5) is 5.69 Å². The fourth-order valence-corrected chi connectivity index (χ4v) is 2.90. The van der Waals surface area contributed by atoms with Gasteiger partial charge in [-0.1, -0.05) is 23.7 Å². The molecule has 0 unspecified atom stereocenters. The van der Waals surface area contributed by atoms with E-state index in [1.165, 1.54) is 11.3 Å². The van der Waals surface area contributed by atoms with Crippen LogP contribution in [0.5, 0.6) is 5.75 Å². The number of morpholine rings is 1. The number of benzene rings is 2. The molecule has 138 valence electrons. The Balaban J connectivity index is 1.37. The average Bonchev–Trinajstić information content (AvgIpc) is 2.69. The summed E-state index contributed by atoms with van der Waals surface area (Å²) >= 11 is 5.81. The van der Waals surface area contributed by atoms with Crippen molar-refractivity contribution in [2.45, 2.75) is 6.42 Å². The Morgan fingerprint density at radius 1 is 1.08 bits per heavy atom. The van der Waals surface area contributed by atoms with Crippen LogP contribution < -0.4 is 15.0 Å². The number of amides is 1. The molecule has 6 heteroatoms. The number of ether oxygens (including phenoxy) is 2. The topological polar surface area (TPSA) is 50.8 Å². The summed E-state index contributed by atoms with van der Waals surface area (Å²) in [5, 5.41) is 3.51. The highest BCUT2D eigenvalue weighted by Gasteiger charge is 2.10. The number of anilines is 1. The van der Waals surface area contributed by atoms with Gasteiger partial charge in [0.25, 0.3) is 5.91 Å². The molecule has 1 saturated heterocycles. The minimum absolute atomic E-state index is 0.00238. The van der Waals surface area contributed by atoms with Gasteiger partial charge in [0.05, 0.1) is 13.2 Å². The highest BCUT2D eigenvalue weighted by Crippen LogP contribution is 2.17. The number of hydrogen-bond acceptors (Lipinski definition) is 4. The molecule has 0 bridgehead atoms. The summed E-state index contributed by atoms with van der Waals surface area (Å²) in [4.78, 5) is 14.2. The molecule has 0 atom stereocenters. The number of carbonyl (C=O) groups is 1. The van der Waals surface area contributed by atoms with Gasteiger partial charge in [-0.25, -0.2) is 0 Å². The first-order valence-corrected chi connectivity index (χ1v) is 9.15. The third-order valence-corrected chi connectivity index (χ3v) is 4.48. The molecule has 26 heavy (non-hydrogen) atoms. The number of carbonyl (C=O) groups excluding carboxylic acids is 1. The van der Waals surface area contributed by atoms with Crippen LogP contribution >= 0.6 is 11.6 Å². The van der Waals surface area contributed by atoms with Gasteiger partial charge in [-0.15, -0.1) is 0 Å². The molecule has 0 aromatic heterocycles. The summed E-state index contributed by atoms with van der Waals surface area (Å²) < 4.78 is 10.8. The van der Waals surface area contributed by atoms with E-state index in [0.717, 1.165) is 32.7 Å². The number of hydrogen-bond donors (Lipinski definition) is 1. The van der Waals surface area contributed by atoms with E-state index in [4.69, 9.17) is 21.1 Å². The van der Waals surface area contributed by atoms with E-state index in [0.29, 0.717) is 17.3 Å². The zero-order valence-electron chi connectivity index (χ0n) is 14.6. The highest BCUT2D eigenvalue weighted by molar-refractivity contribution is 6.30. The molecule has 1 heterocycles. The molecule has 0 saturated carbocycles. The Hall–Kier alpha value is -2.24. The smallest absolute Gasteiger partial charge is 0.257 e. The minimum Gasteiger partial charge on any atom is -0.484 e. The second kappa shape index (κ2) is 9.46. The van der Waals surface area contributed by atoms with Crippen LogP contribution in [0.15, 0.2) is 48.5 Å². The van der Waals surface area contributed by atoms with Crippen molar-refractivity contribution in [1.29, 1.82) is 0 Å². The van der Waals surface area contributed by atoms with E-state index in [1.54, 1.807) is 24.3 Å². The standard InChI is InChI=1S/C20H23ClN2O3/c21-17-3-7-19(8-4-17)26-15-20(24)22-10-9-16-1-5-18(6-2-16)23-11-13-25-14-12-23/h1-8H,9-15H2,(H,22,24). The molecule has 2 aromatic carbocycles. The third-order valence-electron chi connectivity index (χ3n) is 4.23. The van der Waals surface area contributed by atoms with Gasteiger partial charge in [0.1, 0.15) is 5.75 Å². The first-order chi connectivity index (χ1) is 12.7. The summed E-state index contributed by atoms with van der Waals surface area (Å²) in [6.07, 6.45) is 0.788. The fourth-order valence-electron chi connectivity index (χ4n) is 2.77. The van der Waals surface area contributed by atoms with Gasteiger partial charge in [0.15, 0.2) is 6.61 Å². The SMILES string of the molecule is O=C(COc1ccc(Cl)cc1)NCCc1ccc(N2CCOCC2)cc1. The van der Waals surface area contributed by atoms with Crippen LogP contribution in [-0.2, 0) is 16.0 Å². The van der Waals surface area contributed by atoms with Gasteiger partial charge in [-0.3, -0.25) is 4.79 Å². The lowest BCUT2D eigenvalue weighted by atomic mass is 10.1. The fraction of sp³-hybridized carbons (Fsp3) is 0.350. The second-order valence-electron chi connectivity index (χ2n) is 6.11. The predicted octanol–water partition coefficient (Wildman–Crippen LogP) is 2.91. The summed E-state index contributed by atoms with van der Waals surface area (Å²) in [6, 6.07) is 15.4. The van der Waals surface area contributed by atoms with Crippen molar-refractivity contribution in [2.24, 2.45) is 0 Å². The zero-order chi connectivity index (χ0) is 18.2. The van der Waals surface area contributed by atoms with Crippen molar-refractivity contribution in [1.82, 2.24) is 5.32 Å². The van der Waals surface area contributed by atoms with Crippen LogP contribution in [0.2, 0.25) is 5.02 Å². The van der Waals surface area contributed by atoms with Crippen LogP contribution in [0.25, 0.3) is 0 Å². The van der Waals surface area contributed by atoms with Crippen LogP contribution in [0, 0.1) is 0 Å². The van der Waals surface area contributed by atoms with Gasteiger partial charge in [-0.05, 0) is 48.4 Å². The molecule has 0 aliphatic carbocycles. The van der Waals surface area contributed by atoms with Crippen LogP contribution in [0.3, 0.4) is 0 Å². The van der Waals surface area contributed by atoms with Crippen molar-refractivity contribution in [2.75, 3.05) is 44.4 Å². The molecule has 0 radical (unpaired) electrons. The number of nitrogens with zero attached hydrogens (tertiary/aromatic N) is 1. The molecule has 1 fully saturated rings. The van der Waals surface area contributed by atoms with Crippen LogP contribution in [-0.4, -0.2) is 45.4 Å². The van der Waals surface area contributed by atoms with E-state index >= 15 is 0 Å². The lowest BCUT2D eigenvalue weighted by molar-refractivity contribution is -0.123. The molecule has 1 amide bonds. The van der Waals surface area contributed by atoms with Crippen LogP contribution in [0.1, 0.15) is 5.56 Å². The lowest BCUT2D eigenvalue weighted by Crippen LogP contribution is -2.36. The predicted molar refractivity (Wildman–Crippen MR) is 103 cm³/mol. The van der Waals surface area contributed by atoms with E-state index in [2.05, 4.69) is 34.5 Å². The van der Waals surface area contributed by atoms with Gasteiger partial charge >= 0.3 is 0 Å². The molecule has 0 spiro atoms. The number of nitrogens with one attached hydrogen (secondary N) is 1. The molecule has 1 aliphatic heterocycles. The van der Waals surface area contributed by atoms with Gasteiger partial charge in [-0.2, -0.15) is 0 Å². The quantitative estimate of drug-likeness (QED) is 0.809. The summed E-state index contributed by atoms with van der Waals surface area (Å²) in [7, 11) is 0. The Morgan fingerprint density at radius 3 is 2.46 bits per heavy atom. The first-order valence-electron chi connectivity index (χ1n) is 8.77. The Bertz CT molecular complexity index is 698. The summed E-state index contributed by atoms with van der Waals surface area (Å²) in [6.45, 7) is 4.01. The van der Waals surface area contributed by atoms with Crippen molar-refractivity contribution >= 4 is 23.2 Å².